The van der Waals surface area contributed by atoms with Crippen molar-refractivity contribution in [2.75, 3.05) is 0 Å². The molecule has 2 aromatic carbocycles. The molecule has 0 aliphatic rings. The second-order valence-electron chi connectivity index (χ2n) is 6.62. The standard InChI is InChI=1S/C21H21ClN4O3/c1-3-6-19-20(14(2)23-13-15-7-4-5-8-18(15)22)21(27)25(24-19)16-9-11-17(12-10-16)26(28)29/h4-5,7-12,24H,3,6,13H2,1-2H3. The summed E-state index contributed by atoms with van der Waals surface area (Å²) in [4.78, 5) is 28.1. The first-order chi connectivity index (χ1) is 13.9. The molecule has 0 radical (unpaired) electrons. The Bertz CT molecular complexity index is 1110. The fourth-order valence-corrected chi connectivity index (χ4v) is 3.30. The average Bonchev–Trinajstić information content (AvgIpc) is 3.03. The van der Waals surface area contributed by atoms with Crippen molar-refractivity contribution in [3.05, 3.63) is 90.8 Å². The number of H-pyrrole nitrogens is 1. The van der Waals surface area contributed by atoms with Crippen LogP contribution in [0.1, 0.15) is 37.1 Å². The molecule has 3 rings (SSSR count). The van der Waals surface area contributed by atoms with Crippen molar-refractivity contribution < 1.29 is 4.92 Å². The molecule has 0 spiro atoms. The molecule has 29 heavy (non-hydrogen) atoms. The summed E-state index contributed by atoms with van der Waals surface area (Å²) in [7, 11) is 0. The summed E-state index contributed by atoms with van der Waals surface area (Å²) < 4.78 is 1.40. The predicted molar refractivity (Wildman–Crippen MR) is 114 cm³/mol. The number of nitrogens with one attached hydrogen (secondary N) is 1. The lowest BCUT2D eigenvalue weighted by molar-refractivity contribution is -0.384. The van der Waals surface area contributed by atoms with Crippen molar-refractivity contribution in [3.63, 3.8) is 0 Å². The Hall–Kier alpha value is -3.19. The number of halogens is 1. The van der Waals surface area contributed by atoms with Gasteiger partial charge in [-0.25, -0.2) is 4.68 Å². The van der Waals surface area contributed by atoms with E-state index in [1.165, 1.54) is 16.8 Å². The second-order valence-corrected chi connectivity index (χ2v) is 7.03. The van der Waals surface area contributed by atoms with Gasteiger partial charge in [0.05, 0.1) is 22.7 Å². The minimum Gasteiger partial charge on any atom is -0.294 e. The maximum atomic E-state index is 13.1. The van der Waals surface area contributed by atoms with Gasteiger partial charge in [0.2, 0.25) is 0 Å². The number of aromatic nitrogens is 2. The number of nitrogens with zero attached hydrogens (tertiary/aromatic N) is 3. The molecular formula is C21H21ClN4O3. The van der Waals surface area contributed by atoms with Crippen LogP contribution in [-0.4, -0.2) is 20.4 Å². The van der Waals surface area contributed by atoms with Gasteiger partial charge in [0.1, 0.15) is 0 Å². The Morgan fingerprint density at radius 3 is 2.52 bits per heavy atom. The van der Waals surface area contributed by atoms with Gasteiger partial charge in [-0.15, -0.1) is 0 Å². The SMILES string of the molecule is CCCc1[nH]n(-c2ccc([N+](=O)[O-])cc2)c(=O)c1C(C)=NCc1ccccc1Cl. The van der Waals surface area contributed by atoms with Gasteiger partial charge in [-0.05, 0) is 37.1 Å². The van der Waals surface area contributed by atoms with Gasteiger partial charge < -0.3 is 0 Å². The summed E-state index contributed by atoms with van der Waals surface area (Å²) in [6.45, 7) is 4.21. The van der Waals surface area contributed by atoms with Crippen molar-refractivity contribution in [1.29, 1.82) is 0 Å². The van der Waals surface area contributed by atoms with Crippen molar-refractivity contribution >= 4 is 23.0 Å². The Kier molecular flexibility index (Phi) is 6.29. The lowest BCUT2D eigenvalue weighted by Gasteiger charge is -2.03. The van der Waals surface area contributed by atoms with Gasteiger partial charge in [0, 0.05) is 28.6 Å². The van der Waals surface area contributed by atoms with Crippen molar-refractivity contribution in [2.24, 2.45) is 4.99 Å². The molecule has 0 fully saturated rings. The van der Waals surface area contributed by atoms with Crippen LogP contribution in [0, 0.1) is 10.1 Å². The third-order valence-corrected chi connectivity index (χ3v) is 4.96. The molecule has 1 aromatic heterocycles. The van der Waals surface area contributed by atoms with Crippen LogP contribution < -0.4 is 5.56 Å². The molecule has 0 amide bonds. The number of hydrogen-bond donors (Lipinski definition) is 1. The van der Waals surface area contributed by atoms with E-state index in [4.69, 9.17) is 11.6 Å². The third-order valence-electron chi connectivity index (χ3n) is 4.59. The van der Waals surface area contributed by atoms with E-state index in [0.29, 0.717) is 35.0 Å². The van der Waals surface area contributed by atoms with Gasteiger partial charge in [0.25, 0.3) is 11.2 Å². The number of hydrogen-bond acceptors (Lipinski definition) is 4. The van der Waals surface area contributed by atoms with Crippen LogP contribution in [0.5, 0.6) is 0 Å². The molecule has 8 heteroatoms. The fourth-order valence-electron chi connectivity index (χ4n) is 3.10. The van der Waals surface area contributed by atoms with Gasteiger partial charge in [0.15, 0.2) is 0 Å². The average molecular weight is 413 g/mol. The van der Waals surface area contributed by atoms with E-state index in [2.05, 4.69) is 10.1 Å². The highest BCUT2D eigenvalue weighted by Crippen LogP contribution is 2.18. The van der Waals surface area contributed by atoms with Crippen molar-refractivity contribution in [2.45, 2.75) is 33.2 Å². The topological polar surface area (TPSA) is 93.3 Å². The third kappa shape index (κ3) is 4.46. The first-order valence-corrected chi connectivity index (χ1v) is 9.63. The molecule has 0 aliphatic heterocycles. The molecular weight excluding hydrogens is 392 g/mol. The van der Waals surface area contributed by atoms with E-state index in [1.807, 2.05) is 31.2 Å². The summed E-state index contributed by atoms with van der Waals surface area (Å²) in [5.41, 5.74) is 3.09. The van der Waals surface area contributed by atoms with Crippen LogP contribution in [-0.2, 0) is 13.0 Å². The molecule has 150 valence electrons. The Labute approximate surface area is 172 Å². The van der Waals surface area contributed by atoms with Crippen molar-refractivity contribution in [3.8, 4) is 5.69 Å². The van der Waals surface area contributed by atoms with Gasteiger partial charge >= 0.3 is 0 Å². The monoisotopic (exact) mass is 412 g/mol. The summed E-state index contributed by atoms with van der Waals surface area (Å²) in [6, 6.07) is 13.3. The Morgan fingerprint density at radius 1 is 1.21 bits per heavy atom. The molecule has 0 saturated heterocycles. The number of aryl methyl sites for hydroxylation is 1. The van der Waals surface area contributed by atoms with E-state index < -0.39 is 4.92 Å². The first kappa shape index (κ1) is 20.5. The van der Waals surface area contributed by atoms with Crippen LogP contribution in [0.2, 0.25) is 5.02 Å². The fraction of sp³-hybridized carbons (Fsp3) is 0.238. The van der Waals surface area contributed by atoms with Crippen LogP contribution in [0.15, 0.2) is 58.3 Å². The quantitative estimate of drug-likeness (QED) is 0.346. The zero-order valence-electron chi connectivity index (χ0n) is 16.2. The molecule has 0 aliphatic carbocycles. The maximum Gasteiger partial charge on any atom is 0.280 e. The second kappa shape index (κ2) is 8.87. The lowest BCUT2D eigenvalue weighted by Crippen LogP contribution is -2.20. The minimum absolute atomic E-state index is 0.0279. The summed E-state index contributed by atoms with van der Waals surface area (Å²) in [6.07, 6.45) is 1.54. The summed E-state index contributed by atoms with van der Waals surface area (Å²) in [5, 5.41) is 14.6. The molecule has 3 aromatic rings. The molecule has 0 bridgehead atoms. The number of aromatic amines is 1. The van der Waals surface area contributed by atoms with Crippen LogP contribution in [0.3, 0.4) is 0 Å². The van der Waals surface area contributed by atoms with Gasteiger partial charge in [-0.3, -0.25) is 25.0 Å². The van der Waals surface area contributed by atoms with Crippen LogP contribution >= 0.6 is 11.6 Å². The molecule has 0 saturated carbocycles. The Morgan fingerprint density at radius 2 is 1.90 bits per heavy atom. The zero-order chi connectivity index (χ0) is 21.0. The largest absolute Gasteiger partial charge is 0.294 e. The Balaban J connectivity index is 1.99. The molecule has 0 unspecified atom stereocenters. The molecule has 7 nitrogen and oxygen atoms in total. The molecule has 1 heterocycles. The van der Waals surface area contributed by atoms with E-state index in [9.17, 15) is 14.9 Å². The normalized spacial score (nSPS) is 11.6. The maximum absolute atomic E-state index is 13.1. The minimum atomic E-state index is -0.472. The number of rotatable bonds is 7. The van der Waals surface area contributed by atoms with Crippen LogP contribution in [0.4, 0.5) is 5.69 Å². The van der Waals surface area contributed by atoms with E-state index in [-0.39, 0.29) is 11.2 Å². The molecule has 0 atom stereocenters. The van der Waals surface area contributed by atoms with E-state index in [1.54, 1.807) is 19.1 Å². The van der Waals surface area contributed by atoms with Gasteiger partial charge in [-0.1, -0.05) is 43.1 Å². The first-order valence-electron chi connectivity index (χ1n) is 9.26. The summed E-state index contributed by atoms with van der Waals surface area (Å²) >= 11 is 6.20. The van der Waals surface area contributed by atoms with Crippen LogP contribution in [0.25, 0.3) is 5.69 Å². The zero-order valence-corrected chi connectivity index (χ0v) is 16.9. The smallest absolute Gasteiger partial charge is 0.280 e. The lowest BCUT2D eigenvalue weighted by atomic mass is 10.1. The highest BCUT2D eigenvalue weighted by Gasteiger charge is 2.18. The number of benzene rings is 2. The molecule has 1 N–H and O–H groups in total. The number of nitro benzene ring substituents is 1. The highest BCUT2D eigenvalue weighted by atomic mass is 35.5. The van der Waals surface area contributed by atoms with Gasteiger partial charge in [-0.2, -0.15) is 0 Å². The van der Waals surface area contributed by atoms with E-state index in [0.717, 1.165) is 17.7 Å². The highest BCUT2D eigenvalue weighted by molar-refractivity contribution is 6.31. The summed E-state index contributed by atoms with van der Waals surface area (Å²) in [5.74, 6) is 0. The van der Waals surface area contributed by atoms with Crippen molar-refractivity contribution in [1.82, 2.24) is 9.78 Å². The number of nitro groups is 1. The predicted octanol–water partition coefficient (Wildman–Crippen LogP) is 4.69. The van der Waals surface area contributed by atoms with E-state index >= 15 is 0 Å². The number of non-ortho nitro benzene ring substituents is 1. The number of aliphatic imine (C=N–C) groups is 1.